The van der Waals surface area contributed by atoms with Crippen molar-refractivity contribution in [3.63, 3.8) is 0 Å². The van der Waals surface area contributed by atoms with Crippen molar-refractivity contribution in [2.75, 3.05) is 5.32 Å². The van der Waals surface area contributed by atoms with Gasteiger partial charge in [0.2, 0.25) is 5.91 Å². The lowest BCUT2D eigenvalue weighted by molar-refractivity contribution is -0.111. The maximum Gasteiger partial charge on any atom is 0.248 e. The quantitative estimate of drug-likeness (QED) is 0.748. The van der Waals surface area contributed by atoms with E-state index in [0.717, 1.165) is 12.1 Å². The second-order valence-electron chi connectivity index (χ2n) is 6.26. The van der Waals surface area contributed by atoms with Crippen LogP contribution in [0.3, 0.4) is 0 Å². The highest BCUT2D eigenvalue weighted by Crippen LogP contribution is 2.40. The normalized spacial score (nSPS) is 18.1. The Morgan fingerprint density at radius 1 is 1.29 bits per heavy atom. The number of carbonyl (C=O) groups is 1. The van der Waals surface area contributed by atoms with Crippen molar-refractivity contribution in [1.82, 2.24) is 0 Å². The third-order valence-corrected chi connectivity index (χ3v) is 4.31. The molecule has 112 valence electrons. The zero-order chi connectivity index (χ0) is 15.5. The van der Waals surface area contributed by atoms with Crippen molar-refractivity contribution in [3.8, 4) is 0 Å². The van der Waals surface area contributed by atoms with Crippen LogP contribution in [0.25, 0.3) is 0 Å². The maximum atomic E-state index is 12.0. The molecule has 1 aromatic rings. The minimum Gasteiger partial charge on any atom is -0.323 e. The molecule has 0 saturated heterocycles. The van der Waals surface area contributed by atoms with E-state index in [4.69, 9.17) is 11.6 Å². The van der Waals surface area contributed by atoms with E-state index in [2.05, 4.69) is 26.1 Å². The van der Waals surface area contributed by atoms with E-state index in [9.17, 15) is 4.79 Å². The minimum absolute atomic E-state index is 0.112. The number of anilines is 1. The van der Waals surface area contributed by atoms with E-state index in [1.54, 1.807) is 30.3 Å². The van der Waals surface area contributed by atoms with Gasteiger partial charge in [0.05, 0.1) is 0 Å². The molecule has 0 unspecified atom stereocenters. The summed E-state index contributed by atoms with van der Waals surface area (Å²) in [5.41, 5.74) is 3.59. The lowest BCUT2D eigenvalue weighted by Gasteiger charge is -2.32. The maximum absolute atomic E-state index is 12.0. The number of hydrogen-bond acceptors (Lipinski definition) is 1. The van der Waals surface area contributed by atoms with Crippen molar-refractivity contribution in [2.45, 2.75) is 40.0 Å². The lowest BCUT2D eigenvalue weighted by atomic mass is 9.72. The van der Waals surface area contributed by atoms with Gasteiger partial charge < -0.3 is 5.32 Å². The fourth-order valence-electron chi connectivity index (χ4n) is 2.89. The number of amides is 1. The van der Waals surface area contributed by atoms with Gasteiger partial charge >= 0.3 is 0 Å². The van der Waals surface area contributed by atoms with Crippen LogP contribution in [0.1, 0.15) is 40.0 Å². The number of rotatable bonds is 3. The lowest BCUT2D eigenvalue weighted by Crippen LogP contribution is -2.19. The summed E-state index contributed by atoms with van der Waals surface area (Å²) < 4.78 is 0. The molecule has 2 nitrogen and oxygen atoms in total. The van der Waals surface area contributed by atoms with Gasteiger partial charge in [-0.1, -0.05) is 37.1 Å². The molecule has 0 fully saturated rings. The summed E-state index contributed by atoms with van der Waals surface area (Å²) in [6.07, 6.45) is 7.12. The van der Waals surface area contributed by atoms with E-state index >= 15 is 0 Å². The summed E-state index contributed by atoms with van der Waals surface area (Å²) in [6.45, 7) is 6.65. The van der Waals surface area contributed by atoms with Gasteiger partial charge in [-0.2, -0.15) is 0 Å². The Morgan fingerprint density at radius 2 is 1.95 bits per heavy atom. The van der Waals surface area contributed by atoms with Gasteiger partial charge in [0, 0.05) is 16.8 Å². The highest BCUT2D eigenvalue weighted by atomic mass is 35.5. The molecule has 0 saturated carbocycles. The molecular formula is C18H22ClNO. The molecule has 0 spiro atoms. The topological polar surface area (TPSA) is 29.1 Å². The fourth-order valence-corrected chi connectivity index (χ4v) is 3.01. The highest BCUT2D eigenvalue weighted by molar-refractivity contribution is 6.30. The Hall–Kier alpha value is -1.54. The van der Waals surface area contributed by atoms with Gasteiger partial charge in [-0.15, -0.1) is 0 Å². The van der Waals surface area contributed by atoms with Crippen molar-refractivity contribution < 1.29 is 4.79 Å². The predicted octanol–water partition coefficient (Wildman–Crippen LogP) is 5.36. The van der Waals surface area contributed by atoms with Crippen LogP contribution in [0.4, 0.5) is 5.69 Å². The van der Waals surface area contributed by atoms with Gasteiger partial charge in [-0.25, -0.2) is 0 Å². The summed E-state index contributed by atoms with van der Waals surface area (Å²) >= 11 is 5.83. The van der Waals surface area contributed by atoms with Gasteiger partial charge in [0.25, 0.3) is 0 Å². The van der Waals surface area contributed by atoms with E-state index in [0.29, 0.717) is 5.02 Å². The minimum atomic E-state index is -0.112. The van der Waals surface area contributed by atoms with E-state index < -0.39 is 0 Å². The molecule has 0 heterocycles. The molecule has 2 rings (SSSR count). The monoisotopic (exact) mass is 303 g/mol. The van der Waals surface area contributed by atoms with Crippen LogP contribution in [0.2, 0.25) is 5.02 Å². The average molecular weight is 304 g/mol. The summed E-state index contributed by atoms with van der Waals surface area (Å²) in [6, 6.07) is 7.11. The first-order chi connectivity index (χ1) is 9.88. The molecular weight excluding hydrogens is 282 g/mol. The van der Waals surface area contributed by atoms with Crippen LogP contribution >= 0.6 is 11.6 Å². The smallest absolute Gasteiger partial charge is 0.248 e. The summed E-state index contributed by atoms with van der Waals surface area (Å²) in [5, 5.41) is 3.50. The third-order valence-electron chi connectivity index (χ3n) is 4.06. The second kappa shape index (κ2) is 6.48. The van der Waals surface area contributed by atoms with E-state index in [-0.39, 0.29) is 11.3 Å². The van der Waals surface area contributed by atoms with Crippen molar-refractivity contribution in [3.05, 3.63) is 52.6 Å². The summed E-state index contributed by atoms with van der Waals surface area (Å²) in [7, 11) is 0. The highest BCUT2D eigenvalue weighted by Gasteiger charge is 2.26. The second-order valence-corrected chi connectivity index (χ2v) is 6.70. The zero-order valence-electron chi connectivity index (χ0n) is 12.9. The van der Waals surface area contributed by atoms with E-state index in [1.807, 2.05) is 6.08 Å². The Labute approximate surface area is 131 Å². The first-order valence-electron chi connectivity index (χ1n) is 7.33. The van der Waals surface area contributed by atoms with Crippen molar-refractivity contribution >= 4 is 23.2 Å². The number of nitrogens with one attached hydrogen (secondary N) is 1. The number of halogens is 1. The number of allylic oxidation sites excluding steroid dienone is 3. The average Bonchev–Trinajstić information content (AvgIpc) is 2.40. The van der Waals surface area contributed by atoms with Crippen molar-refractivity contribution in [1.29, 1.82) is 0 Å². The number of benzene rings is 1. The molecule has 21 heavy (non-hydrogen) atoms. The first kappa shape index (κ1) is 15.8. The van der Waals surface area contributed by atoms with Crippen LogP contribution in [0.5, 0.6) is 0 Å². The molecule has 1 aliphatic carbocycles. The molecule has 1 amide bonds. The summed E-state index contributed by atoms with van der Waals surface area (Å²) in [5.74, 6) is -0.112. The molecule has 1 aromatic carbocycles. The standard InChI is InChI=1S/C18H22ClNO/c1-13-5-4-12-18(2,3)16(13)10-11-17(21)20-15-8-6-14(19)7-9-15/h6-11H,4-5,12H2,1-3H3,(H,20,21). The molecule has 0 aromatic heterocycles. The van der Waals surface area contributed by atoms with Gasteiger partial charge in [-0.3, -0.25) is 4.79 Å². The fraction of sp³-hybridized carbons (Fsp3) is 0.389. The summed E-state index contributed by atoms with van der Waals surface area (Å²) in [4.78, 5) is 12.0. The van der Waals surface area contributed by atoms with Crippen LogP contribution in [-0.4, -0.2) is 5.91 Å². The SMILES string of the molecule is CC1=C(C=CC(=O)Nc2ccc(Cl)cc2)C(C)(C)CCC1. The number of hydrogen-bond donors (Lipinski definition) is 1. The number of carbonyl (C=O) groups excluding carboxylic acids is 1. The zero-order valence-corrected chi connectivity index (χ0v) is 13.6. The molecule has 3 heteroatoms. The van der Waals surface area contributed by atoms with Gasteiger partial charge in [0.1, 0.15) is 0 Å². The van der Waals surface area contributed by atoms with Gasteiger partial charge in [0.15, 0.2) is 0 Å². The van der Waals surface area contributed by atoms with E-state index in [1.165, 1.54) is 24.0 Å². The molecule has 1 aliphatic rings. The molecule has 1 N–H and O–H groups in total. The Kier molecular flexibility index (Phi) is 4.89. The predicted molar refractivity (Wildman–Crippen MR) is 89.6 cm³/mol. The molecule has 0 radical (unpaired) electrons. The van der Waals surface area contributed by atoms with Gasteiger partial charge in [-0.05, 0) is 61.4 Å². The van der Waals surface area contributed by atoms with Crippen LogP contribution in [0.15, 0.2) is 47.6 Å². The first-order valence-corrected chi connectivity index (χ1v) is 7.71. The Balaban J connectivity index is 2.06. The Morgan fingerprint density at radius 3 is 2.57 bits per heavy atom. The molecule has 0 atom stereocenters. The molecule has 0 aliphatic heterocycles. The Bertz CT molecular complexity index is 582. The van der Waals surface area contributed by atoms with Crippen LogP contribution < -0.4 is 5.32 Å². The largest absolute Gasteiger partial charge is 0.323 e. The van der Waals surface area contributed by atoms with Crippen LogP contribution in [-0.2, 0) is 4.79 Å². The van der Waals surface area contributed by atoms with Crippen LogP contribution in [0, 0.1) is 5.41 Å². The van der Waals surface area contributed by atoms with Crippen molar-refractivity contribution in [2.24, 2.45) is 5.41 Å². The third kappa shape index (κ3) is 4.21. The molecule has 0 bridgehead atoms.